The number of ether oxygens (including phenoxy) is 2. The second-order valence-electron chi connectivity index (χ2n) is 8.31. The number of hydrogen-bond acceptors (Lipinski definition) is 8. The number of H-pyrrole nitrogens is 1. The van der Waals surface area contributed by atoms with Gasteiger partial charge in [0.2, 0.25) is 0 Å². The van der Waals surface area contributed by atoms with E-state index in [0.717, 1.165) is 27.3 Å². The van der Waals surface area contributed by atoms with Crippen LogP contribution in [-0.2, 0) is 14.3 Å². The molecule has 0 spiro atoms. The Morgan fingerprint density at radius 3 is 2.52 bits per heavy atom. The number of nitrogens with zero attached hydrogens (tertiary/aromatic N) is 1. The molecule has 1 saturated heterocycles. The molecule has 0 bridgehead atoms. The zero-order valence-corrected chi connectivity index (χ0v) is 18.3. The smallest absolute Gasteiger partial charge is 0.330 e. The minimum atomic E-state index is -1.42. The number of aromatic nitrogens is 2. The zero-order valence-electron chi connectivity index (χ0n) is 17.5. The van der Waals surface area contributed by atoms with Crippen LogP contribution in [-0.4, -0.2) is 54.9 Å². The molecule has 2 aromatic rings. The number of aliphatic hydroxyl groups is 2. The molecule has 1 aromatic heterocycles. The Morgan fingerprint density at radius 1 is 1.26 bits per heavy atom. The summed E-state index contributed by atoms with van der Waals surface area (Å²) in [5.41, 5.74) is -2.11. The van der Waals surface area contributed by atoms with Crippen LogP contribution in [0.4, 0.5) is 0 Å². The van der Waals surface area contributed by atoms with Gasteiger partial charge in [-0.2, -0.15) is 0 Å². The van der Waals surface area contributed by atoms with E-state index in [1.54, 1.807) is 45.0 Å². The van der Waals surface area contributed by atoms with E-state index in [1.807, 2.05) is 6.07 Å². The van der Waals surface area contributed by atoms with Crippen LogP contribution in [0.3, 0.4) is 0 Å². The van der Waals surface area contributed by atoms with Crippen LogP contribution in [0.5, 0.6) is 0 Å². The Kier molecular flexibility index (Phi) is 6.75. The molecule has 0 unspecified atom stereocenters. The summed E-state index contributed by atoms with van der Waals surface area (Å²) in [6, 6.07) is 10.2. The first-order valence-electron chi connectivity index (χ1n) is 9.77. The van der Waals surface area contributed by atoms with Crippen LogP contribution >= 0.6 is 11.8 Å². The minimum Gasteiger partial charge on any atom is -0.460 e. The number of rotatable bonds is 6. The van der Waals surface area contributed by atoms with Gasteiger partial charge in [0.05, 0.1) is 13.0 Å². The SMILES string of the molecule is CC(C)(C)OC(=O)C[C@@]1(Sc2ccccc2)[C@H](O)[C@@H](CO)O[C@H]1n1ccc(=O)[nH]c1=O. The molecule has 1 aromatic carbocycles. The Hall–Kier alpha value is -2.40. The summed E-state index contributed by atoms with van der Waals surface area (Å²) in [6.07, 6.45) is -2.60. The van der Waals surface area contributed by atoms with Crippen molar-refractivity contribution in [3.8, 4) is 0 Å². The molecule has 0 radical (unpaired) electrons. The highest BCUT2D eigenvalue weighted by molar-refractivity contribution is 8.00. The molecule has 1 fully saturated rings. The van der Waals surface area contributed by atoms with Gasteiger partial charge in [-0.05, 0) is 32.9 Å². The lowest BCUT2D eigenvalue weighted by atomic mass is 9.94. The number of thioether (sulfide) groups is 1. The number of nitrogens with one attached hydrogen (secondary N) is 1. The topological polar surface area (TPSA) is 131 Å². The average Bonchev–Trinajstić information content (AvgIpc) is 2.93. The molecule has 3 rings (SSSR count). The van der Waals surface area contributed by atoms with Crippen LogP contribution in [0.2, 0.25) is 0 Å². The standard InChI is InChI=1S/C21H26N2O7S/c1-20(2,3)30-16(26)11-21(31-13-7-5-4-6-8-13)17(27)14(12-24)29-18(21)23-10-9-15(25)22-19(23)28/h4-10,14,17-18,24,27H,11-12H2,1-3H3,(H,22,25,28)/t14-,17-,18-,21-/m1/s1. The predicted octanol–water partition coefficient (Wildman–Crippen LogP) is 1.05. The monoisotopic (exact) mass is 450 g/mol. The van der Waals surface area contributed by atoms with E-state index in [0.29, 0.717) is 0 Å². The molecular weight excluding hydrogens is 424 g/mol. The van der Waals surface area contributed by atoms with E-state index in [9.17, 15) is 24.6 Å². The van der Waals surface area contributed by atoms with Gasteiger partial charge in [0.25, 0.3) is 5.56 Å². The van der Waals surface area contributed by atoms with Gasteiger partial charge < -0.3 is 19.7 Å². The third-order valence-electron chi connectivity index (χ3n) is 4.75. The molecule has 168 valence electrons. The fraction of sp³-hybridized carbons (Fsp3) is 0.476. The molecule has 1 aliphatic rings. The van der Waals surface area contributed by atoms with Crippen molar-refractivity contribution in [1.82, 2.24) is 9.55 Å². The fourth-order valence-corrected chi connectivity index (χ4v) is 4.99. The molecule has 0 amide bonds. The lowest BCUT2D eigenvalue weighted by molar-refractivity contribution is -0.156. The summed E-state index contributed by atoms with van der Waals surface area (Å²) in [7, 11) is 0. The summed E-state index contributed by atoms with van der Waals surface area (Å²) in [5, 5.41) is 21.0. The highest BCUT2D eigenvalue weighted by Gasteiger charge is 2.59. The zero-order chi connectivity index (χ0) is 22.8. The highest BCUT2D eigenvalue weighted by Crippen LogP contribution is 2.52. The molecule has 3 N–H and O–H groups in total. The van der Waals surface area contributed by atoms with Crippen LogP contribution in [0.1, 0.15) is 33.4 Å². The first-order chi connectivity index (χ1) is 14.6. The molecule has 0 aliphatic carbocycles. The third-order valence-corrected chi connectivity index (χ3v) is 6.23. The predicted molar refractivity (Wildman–Crippen MR) is 114 cm³/mol. The van der Waals surface area contributed by atoms with E-state index < -0.39 is 52.6 Å². The Bertz CT molecular complexity index is 1030. The van der Waals surface area contributed by atoms with Crippen molar-refractivity contribution in [3.05, 3.63) is 63.4 Å². The highest BCUT2D eigenvalue weighted by atomic mass is 32.2. The van der Waals surface area contributed by atoms with E-state index in [4.69, 9.17) is 9.47 Å². The molecular formula is C21H26N2O7S. The summed E-state index contributed by atoms with van der Waals surface area (Å²) < 4.78 is 11.0. The van der Waals surface area contributed by atoms with Crippen molar-refractivity contribution >= 4 is 17.7 Å². The normalized spacial score (nSPS) is 26.0. The van der Waals surface area contributed by atoms with Crippen molar-refractivity contribution in [3.63, 3.8) is 0 Å². The van der Waals surface area contributed by atoms with Crippen LogP contribution < -0.4 is 11.2 Å². The molecule has 1 aliphatic heterocycles. The number of carbonyl (C=O) groups excluding carboxylic acids is 1. The third kappa shape index (κ3) is 5.09. The van der Waals surface area contributed by atoms with Crippen LogP contribution in [0.15, 0.2) is 57.1 Å². The summed E-state index contributed by atoms with van der Waals surface area (Å²) in [4.78, 5) is 39.8. The lowest BCUT2D eigenvalue weighted by Gasteiger charge is -2.36. The Balaban J connectivity index is 2.13. The number of benzene rings is 1. The average molecular weight is 451 g/mol. The summed E-state index contributed by atoms with van der Waals surface area (Å²) in [6.45, 7) is 4.65. The molecule has 9 nitrogen and oxygen atoms in total. The Labute approximate surface area is 183 Å². The second-order valence-corrected chi connectivity index (χ2v) is 9.74. The number of esters is 1. The van der Waals surface area contributed by atoms with E-state index in [1.165, 1.54) is 6.20 Å². The summed E-state index contributed by atoms with van der Waals surface area (Å²) >= 11 is 1.16. The molecule has 10 heteroatoms. The van der Waals surface area contributed by atoms with Gasteiger partial charge in [-0.25, -0.2) is 4.79 Å². The Morgan fingerprint density at radius 2 is 1.94 bits per heavy atom. The van der Waals surface area contributed by atoms with E-state index >= 15 is 0 Å². The van der Waals surface area contributed by atoms with Gasteiger partial charge in [0, 0.05) is 17.2 Å². The van der Waals surface area contributed by atoms with Gasteiger partial charge in [0.15, 0.2) is 6.23 Å². The molecule has 31 heavy (non-hydrogen) atoms. The van der Waals surface area contributed by atoms with E-state index in [-0.39, 0.29) is 6.42 Å². The number of aliphatic hydroxyl groups excluding tert-OH is 2. The van der Waals surface area contributed by atoms with Gasteiger partial charge in [-0.1, -0.05) is 18.2 Å². The van der Waals surface area contributed by atoms with E-state index in [2.05, 4.69) is 4.98 Å². The van der Waals surface area contributed by atoms with Gasteiger partial charge in [-0.15, -0.1) is 11.8 Å². The minimum absolute atomic E-state index is 0.308. The summed E-state index contributed by atoms with van der Waals surface area (Å²) in [5.74, 6) is -0.598. The van der Waals surface area contributed by atoms with Crippen molar-refractivity contribution in [2.75, 3.05) is 6.61 Å². The maximum atomic E-state index is 12.9. The molecule has 2 heterocycles. The van der Waals surface area contributed by atoms with Crippen LogP contribution in [0.25, 0.3) is 0 Å². The van der Waals surface area contributed by atoms with Crippen molar-refractivity contribution in [2.24, 2.45) is 0 Å². The lowest BCUT2D eigenvalue weighted by Crippen LogP contribution is -2.48. The van der Waals surface area contributed by atoms with Crippen molar-refractivity contribution in [1.29, 1.82) is 0 Å². The first-order valence-corrected chi connectivity index (χ1v) is 10.6. The van der Waals surface area contributed by atoms with Crippen molar-refractivity contribution < 1.29 is 24.5 Å². The fourth-order valence-electron chi connectivity index (χ4n) is 3.52. The number of hydrogen-bond donors (Lipinski definition) is 3. The molecule has 0 saturated carbocycles. The van der Waals surface area contributed by atoms with Gasteiger partial charge >= 0.3 is 11.7 Å². The maximum Gasteiger partial charge on any atom is 0.330 e. The largest absolute Gasteiger partial charge is 0.460 e. The maximum absolute atomic E-state index is 12.9. The number of carbonyl (C=O) groups is 1. The van der Waals surface area contributed by atoms with Gasteiger partial charge in [0.1, 0.15) is 22.6 Å². The second kappa shape index (κ2) is 8.99. The number of aromatic amines is 1. The van der Waals surface area contributed by atoms with Gasteiger partial charge in [-0.3, -0.25) is 19.1 Å². The first kappa shape index (κ1) is 23.3. The molecule has 4 atom stereocenters. The van der Waals surface area contributed by atoms with Crippen molar-refractivity contribution in [2.45, 2.75) is 60.9 Å². The van der Waals surface area contributed by atoms with Crippen LogP contribution in [0, 0.1) is 0 Å². The quantitative estimate of drug-likeness (QED) is 0.557.